The van der Waals surface area contributed by atoms with Gasteiger partial charge in [0.15, 0.2) is 0 Å². The van der Waals surface area contributed by atoms with Gasteiger partial charge in [-0.25, -0.2) is 0 Å². The van der Waals surface area contributed by atoms with Crippen molar-refractivity contribution in [2.24, 2.45) is 11.8 Å². The number of carbonyl (C=O) groups excluding carboxylic acids is 1. The Morgan fingerprint density at radius 3 is 2.27 bits per heavy atom. The molecule has 2 bridgehead atoms. The molecular weight excluding hydrogens is 394 g/mol. The van der Waals surface area contributed by atoms with Gasteiger partial charge in [0.25, 0.3) is 6.29 Å². The van der Waals surface area contributed by atoms with E-state index in [9.17, 15) is 32.2 Å². The van der Waals surface area contributed by atoms with Crippen molar-refractivity contribution in [3.63, 3.8) is 0 Å². The lowest BCUT2D eigenvalue weighted by Gasteiger charge is -2.33. The second-order valence-corrected chi connectivity index (χ2v) is 9.99. The fraction of sp³-hybridized carbons (Fsp3) is 0.933. The molecule has 0 aromatic carbocycles. The molecule has 7 nitrogen and oxygen atoms in total. The zero-order valence-electron chi connectivity index (χ0n) is 14.5. The zero-order chi connectivity index (χ0) is 19.9. The molecule has 152 valence electrons. The zero-order valence-corrected chi connectivity index (χ0v) is 16.1. The van der Waals surface area contributed by atoms with E-state index in [4.69, 9.17) is 4.55 Å². The highest BCUT2D eigenvalue weighted by atomic mass is 32.2. The maximum Gasteiger partial charge on any atom is 0.430 e. The Morgan fingerprint density at radius 2 is 1.85 bits per heavy atom. The minimum absolute atomic E-state index is 0.0707. The maximum atomic E-state index is 13.3. The number of hydrogen-bond donors (Lipinski definition) is 3. The number of alkyl halides is 2. The lowest BCUT2D eigenvalue weighted by atomic mass is 9.75. The predicted molar refractivity (Wildman–Crippen MR) is 90.1 cm³/mol. The molecule has 0 radical (unpaired) electrons. The number of fused-ring (bicyclic) bond motifs is 2. The van der Waals surface area contributed by atoms with Crippen LogP contribution in [-0.2, 0) is 19.6 Å². The third kappa shape index (κ3) is 4.16. The summed E-state index contributed by atoms with van der Waals surface area (Å²) in [4.78, 5) is 12.1. The second kappa shape index (κ2) is 7.50. The van der Waals surface area contributed by atoms with Crippen molar-refractivity contribution in [3.05, 3.63) is 0 Å². The highest BCUT2D eigenvalue weighted by Crippen LogP contribution is 2.55. The normalized spacial score (nSPS) is 30.4. The summed E-state index contributed by atoms with van der Waals surface area (Å²) in [5.41, 5.74) is -0.764. The predicted octanol–water partition coefficient (Wildman–Crippen LogP) is 1.78. The summed E-state index contributed by atoms with van der Waals surface area (Å²) in [7, 11) is -5.91. The molecule has 2 heterocycles. The highest BCUT2D eigenvalue weighted by molar-refractivity contribution is 8.01. The highest BCUT2D eigenvalue weighted by Gasteiger charge is 2.56. The number of ether oxygens (including phenoxy) is 1. The van der Waals surface area contributed by atoms with E-state index < -0.39 is 39.2 Å². The Kier molecular flexibility index (Phi) is 6.29. The Hall–Kier alpha value is -0.490. The van der Waals surface area contributed by atoms with E-state index in [-0.39, 0.29) is 16.4 Å². The van der Waals surface area contributed by atoms with Crippen LogP contribution in [0.2, 0.25) is 0 Å². The Labute approximate surface area is 155 Å². The van der Waals surface area contributed by atoms with Crippen molar-refractivity contribution in [1.82, 2.24) is 0 Å². The first-order valence-corrected chi connectivity index (χ1v) is 10.8. The van der Waals surface area contributed by atoms with E-state index in [0.29, 0.717) is 32.1 Å². The summed E-state index contributed by atoms with van der Waals surface area (Å²) < 4.78 is 60.4. The van der Waals surface area contributed by atoms with Crippen molar-refractivity contribution in [1.29, 1.82) is 0 Å². The third-order valence-electron chi connectivity index (χ3n) is 5.47. The van der Waals surface area contributed by atoms with Gasteiger partial charge in [0.2, 0.25) is 0 Å². The number of carbonyl (C=O) groups is 1. The number of aliphatic hydroxyl groups excluding tert-OH is 1. The number of halogens is 2. The van der Waals surface area contributed by atoms with Gasteiger partial charge in [-0.2, -0.15) is 29.0 Å². The van der Waals surface area contributed by atoms with Crippen molar-refractivity contribution in [2.75, 3.05) is 0 Å². The number of esters is 1. The van der Waals surface area contributed by atoms with Crippen LogP contribution in [0.3, 0.4) is 0 Å². The molecule has 2 rings (SSSR count). The molecule has 2 aliphatic heterocycles. The van der Waals surface area contributed by atoms with Crippen LogP contribution in [0.25, 0.3) is 0 Å². The molecule has 0 aliphatic carbocycles. The molecule has 2 saturated heterocycles. The fourth-order valence-corrected chi connectivity index (χ4v) is 5.90. The van der Waals surface area contributed by atoms with E-state index in [2.05, 4.69) is 4.74 Å². The minimum atomic E-state index is -5.91. The van der Waals surface area contributed by atoms with Crippen LogP contribution in [0.5, 0.6) is 0 Å². The first-order valence-electron chi connectivity index (χ1n) is 8.46. The standard InChI is InChI=1S/C15H24F2O7S2/c1-3-14(20,4-2)7-8-5-11-9(6-10(8)25-11)12(18)24-13(19)15(16,17)26(21,22)23/h8-11,13,19-20H,3-7H2,1-2H3,(H,21,22,23). The van der Waals surface area contributed by atoms with Gasteiger partial charge in [-0.15, -0.1) is 0 Å². The van der Waals surface area contributed by atoms with Gasteiger partial charge in [-0.05, 0) is 38.0 Å². The quantitative estimate of drug-likeness (QED) is 0.310. The summed E-state index contributed by atoms with van der Waals surface area (Å²) in [6.07, 6.45) is -0.474. The number of hydrogen-bond acceptors (Lipinski definition) is 7. The molecule has 0 spiro atoms. The molecular formula is C15H24F2O7S2. The second-order valence-electron chi connectivity index (χ2n) is 7.01. The SMILES string of the molecule is CCC(O)(CC)CC1CC2SC1CC2C(=O)OC(O)C(F)(F)S(=O)(=O)O. The third-order valence-corrected chi connectivity index (χ3v) is 8.15. The molecule has 2 aliphatic rings. The molecule has 0 aromatic rings. The average Bonchev–Trinajstić information content (AvgIpc) is 3.13. The molecule has 3 N–H and O–H groups in total. The first-order chi connectivity index (χ1) is 11.8. The van der Waals surface area contributed by atoms with Crippen LogP contribution in [-0.4, -0.2) is 56.8 Å². The van der Waals surface area contributed by atoms with E-state index in [1.54, 1.807) is 0 Å². The van der Waals surface area contributed by atoms with Crippen LogP contribution in [0, 0.1) is 11.8 Å². The van der Waals surface area contributed by atoms with Crippen molar-refractivity contribution >= 4 is 27.8 Å². The van der Waals surface area contributed by atoms with Crippen LogP contribution < -0.4 is 0 Å². The van der Waals surface area contributed by atoms with Crippen LogP contribution in [0.4, 0.5) is 8.78 Å². The van der Waals surface area contributed by atoms with E-state index in [0.717, 1.165) is 0 Å². The number of rotatable bonds is 8. The van der Waals surface area contributed by atoms with Gasteiger partial charge in [0, 0.05) is 10.5 Å². The first kappa shape index (κ1) is 21.8. The molecule has 26 heavy (non-hydrogen) atoms. The van der Waals surface area contributed by atoms with E-state index in [1.807, 2.05) is 13.8 Å². The monoisotopic (exact) mass is 418 g/mol. The summed E-state index contributed by atoms with van der Waals surface area (Å²) >= 11 is 1.53. The van der Waals surface area contributed by atoms with Crippen LogP contribution in [0.15, 0.2) is 0 Å². The van der Waals surface area contributed by atoms with Gasteiger partial charge in [-0.3, -0.25) is 9.35 Å². The Bertz CT molecular complexity index is 636. The molecule has 5 atom stereocenters. The topological polar surface area (TPSA) is 121 Å². The van der Waals surface area contributed by atoms with Crippen LogP contribution >= 0.6 is 11.8 Å². The number of aliphatic hydroxyl groups is 2. The molecule has 0 amide bonds. The van der Waals surface area contributed by atoms with Crippen molar-refractivity contribution in [2.45, 2.75) is 73.6 Å². The van der Waals surface area contributed by atoms with Crippen LogP contribution in [0.1, 0.15) is 46.0 Å². The minimum Gasteiger partial charge on any atom is -0.428 e. The summed E-state index contributed by atoms with van der Waals surface area (Å²) in [5, 5.41) is 14.6. The van der Waals surface area contributed by atoms with Crippen molar-refractivity contribution < 1.29 is 41.5 Å². The molecule has 2 fully saturated rings. The largest absolute Gasteiger partial charge is 0.430 e. The fourth-order valence-electron chi connectivity index (χ4n) is 3.63. The van der Waals surface area contributed by atoms with Gasteiger partial charge in [0.05, 0.1) is 11.5 Å². The van der Waals surface area contributed by atoms with E-state index in [1.165, 1.54) is 11.8 Å². The Morgan fingerprint density at radius 1 is 1.27 bits per heavy atom. The maximum absolute atomic E-state index is 13.3. The van der Waals surface area contributed by atoms with Gasteiger partial charge < -0.3 is 14.9 Å². The molecule has 0 aromatic heterocycles. The summed E-state index contributed by atoms with van der Waals surface area (Å²) in [6.45, 7) is 3.81. The van der Waals surface area contributed by atoms with Gasteiger partial charge >= 0.3 is 21.3 Å². The Balaban J connectivity index is 1.95. The smallest absolute Gasteiger partial charge is 0.428 e. The average molecular weight is 418 g/mol. The van der Waals surface area contributed by atoms with Crippen molar-refractivity contribution in [3.8, 4) is 0 Å². The lowest BCUT2D eigenvalue weighted by molar-refractivity contribution is -0.209. The van der Waals surface area contributed by atoms with Gasteiger partial charge in [-0.1, -0.05) is 13.8 Å². The number of thioether (sulfide) groups is 1. The molecule has 0 saturated carbocycles. The van der Waals surface area contributed by atoms with E-state index >= 15 is 0 Å². The molecule has 5 unspecified atom stereocenters. The summed E-state index contributed by atoms with van der Waals surface area (Å²) in [5.74, 6) is -1.65. The van der Waals surface area contributed by atoms with Gasteiger partial charge in [0.1, 0.15) is 0 Å². The molecule has 11 heteroatoms. The lowest BCUT2D eigenvalue weighted by Crippen LogP contribution is -2.45. The summed E-state index contributed by atoms with van der Waals surface area (Å²) in [6, 6.07) is 0.